The fourth-order valence-electron chi connectivity index (χ4n) is 8.45. The minimum atomic E-state index is -1.22. The molecule has 0 aliphatic heterocycles. The van der Waals surface area contributed by atoms with Gasteiger partial charge in [0, 0.05) is 29.1 Å². The number of amides is 2. The molecule has 3 aliphatic rings. The average molecular weight is 699 g/mol. The minimum absolute atomic E-state index is 0.0536. The number of hydrogen-bond acceptors (Lipinski definition) is 4. The lowest BCUT2D eigenvalue weighted by atomic mass is 9.64. The second kappa shape index (κ2) is 16.0. The van der Waals surface area contributed by atoms with Crippen LogP contribution in [0.2, 0.25) is 0 Å². The highest BCUT2D eigenvalue weighted by atomic mass is 16.3. The van der Waals surface area contributed by atoms with Crippen LogP contribution in [0.1, 0.15) is 105 Å². The van der Waals surface area contributed by atoms with E-state index in [1.54, 1.807) is 4.90 Å². The Kier molecular flexibility index (Phi) is 11.5. The number of hydrogen-bond donors (Lipinski definition) is 3. The van der Waals surface area contributed by atoms with Gasteiger partial charge in [-0.15, -0.1) is 0 Å². The number of urea groups is 1. The number of ketones is 1. The lowest BCUT2D eigenvalue weighted by molar-refractivity contribution is -0.0781. The van der Waals surface area contributed by atoms with E-state index in [2.05, 4.69) is 49.5 Å². The van der Waals surface area contributed by atoms with Crippen molar-refractivity contribution in [2.45, 2.75) is 103 Å². The average Bonchev–Trinajstić information content (AvgIpc) is 3.39. The fourth-order valence-corrected chi connectivity index (χ4v) is 8.45. The molecule has 3 N–H and O–H groups in total. The van der Waals surface area contributed by atoms with Gasteiger partial charge >= 0.3 is 6.03 Å². The van der Waals surface area contributed by atoms with E-state index >= 15 is 0 Å². The molecule has 0 aromatic heterocycles. The van der Waals surface area contributed by atoms with Gasteiger partial charge in [0.25, 0.3) is 0 Å². The standard InChI is InChI=1S/C46H54N2O4/c1-32(2)47-44(51)48(30-34-13-7-5-8-14-34)31-46(52)27-25-42-40-24-18-35(28-39(49)23-17-33(3)12-11-26-45(42,46)4)29-41(40)43(50)38-21-19-37(20-22-38)36-15-9-6-10-16-36/h5-10,12-16,18-22,24,29,32,39,42,49,52H,11,17,23,25-28,30-31H2,1-4H3,(H,47,51)/t39-,42-,45-,46+/m0/s1. The SMILES string of the molecule is CC1=CCC[C@@]2(C)[C@@H](CC[C@@]2(O)CN(Cc2ccccc2)C(=O)NC(C)C)c2ccc(cc2C(=O)c2ccc(-c3ccccc3)cc2)C[C@@H](O)CC1. The molecule has 2 bridgehead atoms. The van der Waals surface area contributed by atoms with E-state index in [4.69, 9.17) is 0 Å². The Labute approximate surface area is 309 Å². The molecule has 2 amide bonds. The molecule has 3 aliphatic carbocycles. The summed E-state index contributed by atoms with van der Waals surface area (Å²) < 4.78 is 0. The maximum Gasteiger partial charge on any atom is 0.317 e. The summed E-state index contributed by atoms with van der Waals surface area (Å²) in [6, 6.07) is 33.7. The molecule has 0 saturated heterocycles. The van der Waals surface area contributed by atoms with Crippen LogP contribution < -0.4 is 5.32 Å². The van der Waals surface area contributed by atoms with E-state index in [1.165, 1.54) is 5.57 Å². The Morgan fingerprint density at radius 3 is 2.25 bits per heavy atom. The maximum absolute atomic E-state index is 14.6. The molecular formula is C46H54N2O4. The summed E-state index contributed by atoms with van der Waals surface area (Å²) in [5.74, 6) is -0.198. The van der Waals surface area contributed by atoms with Gasteiger partial charge in [-0.1, -0.05) is 116 Å². The first-order chi connectivity index (χ1) is 25.0. The lowest BCUT2D eigenvalue weighted by Gasteiger charge is -2.46. The molecule has 0 spiro atoms. The second-order valence-corrected chi connectivity index (χ2v) is 15.7. The van der Waals surface area contributed by atoms with E-state index in [0.29, 0.717) is 49.8 Å². The van der Waals surface area contributed by atoms with Crippen LogP contribution in [-0.2, 0) is 13.0 Å². The minimum Gasteiger partial charge on any atom is -0.393 e. The molecule has 6 nitrogen and oxygen atoms in total. The van der Waals surface area contributed by atoms with Gasteiger partial charge in [-0.05, 0) is 106 Å². The molecule has 0 radical (unpaired) electrons. The Bertz CT molecular complexity index is 1870. The number of nitrogens with zero attached hydrogens (tertiary/aromatic N) is 1. The summed E-state index contributed by atoms with van der Waals surface area (Å²) in [6.45, 7) is 8.73. The van der Waals surface area contributed by atoms with Crippen LogP contribution in [0.15, 0.2) is 115 Å². The van der Waals surface area contributed by atoms with E-state index < -0.39 is 17.1 Å². The highest BCUT2D eigenvalue weighted by Crippen LogP contribution is 2.59. The van der Waals surface area contributed by atoms with Crippen molar-refractivity contribution in [3.05, 3.63) is 143 Å². The van der Waals surface area contributed by atoms with Crippen LogP contribution in [0.25, 0.3) is 11.1 Å². The third-order valence-electron chi connectivity index (χ3n) is 11.5. The van der Waals surface area contributed by atoms with Gasteiger partial charge < -0.3 is 20.4 Å². The van der Waals surface area contributed by atoms with E-state index in [-0.39, 0.29) is 30.3 Å². The van der Waals surface area contributed by atoms with Gasteiger partial charge in [-0.25, -0.2) is 4.79 Å². The summed E-state index contributed by atoms with van der Waals surface area (Å²) in [5, 5.41) is 27.1. The van der Waals surface area contributed by atoms with Crippen LogP contribution in [0.4, 0.5) is 4.79 Å². The van der Waals surface area contributed by atoms with Crippen molar-refractivity contribution >= 4 is 11.8 Å². The summed E-state index contributed by atoms with van der Waals surface area (Å²) in [7, 11) is 0. The largest absolute Gasteiger partial charge is 0.393 e. The van der Waals surface area contributed by atoms with Crippen molar-refractivity contribution in [3.63, 3.8) is 0 Å². The van der Waals surface area contributed by atoms with Crippen molar-refractivity contribution in [2.75, 3.05) is 6.54 Å². The molecule has 1 saturated carbocycles. The van der Waals surface area contributed by atoms with Crippen molar-refractivity contribution in [3.8, 4) is 11.1 Å². The molecule has 7 rings (SSSR count). The first kappa shape index (κ1) is 37.2. The Morgan fingerprint density at radius 1 is 0.885 bits per heavy atom. The zero-order valence-corrected chi connectivity index (χ0v) is 31.1. The maximum atomic E-state index is 14.6. The number of nitrogens with one attached hydrogen (secondary N) is 1. The van der Waals surface area contributed by atoms with Gasteiger partial charge in [0.2, 0.25) is 0 Å². The predicted molar refractivity (Wildman–Crippen MR) is 209 cm³/mol. The summed E-state index contributed by atoms with van der Waals surface area (Å²) in [5.41, 5.74) is 5.56. The number of aliphatic hydroxyl groups excluding tert-OH is 1. The zero-order valence-electron chi connectivity index (χ0n) is 31.1. The van der Waals surface area contributed by atoms with Gasteiger partial charge in [0.1, 0.15) is 0 Å². The molecule has 4 aromatic rings. The number of carbonyl (C=O) groups excluding carboxylic acids is 2. The van der Waals surface area contributed by atoms with Crippen molar-refractivity contribution < 1.29 is 19.8 Å². The molecule has 52 heavy (non-hydrogen) atoms. The third kappa shape index (κ3) is 8.24. The second-order valence-electron chi connectivity index (χ2n) is 15.7. The van der Waals surface area contributed by atoms with Crippen LogP contribution in [-0.4, -0.2) is 51.2 Å². The fraction of sp³-hybridized carbons (Fsp3) is 0.391. The van der Waals surface area contributed by atoms with E-state index in [1.807, 2.05) is 92.7 Å². The van der Waals surface area contributed by atoms with Crippen molar-refractivity contribution in [2.24, 2.45) is 5.41 Å². The molecule has 1 fully saturated rings. The summed E-state index contributed by atoms with van der Waals surface area (Å²) in [6.07, 6.45) is 6.21. The summed E-state index contributed by atoms with van der Waals surface area (Å²) >= 11 is 0. The molecular weight excluding hydrogens is 645 g/mol. The first-order valence-electron chi connectivity index (χ1n) is 18.9. The number of rotatable bonds is 8. The molecule has 272 valence electrons. The zero-order chi connectivity index (χ0) is 36.9. The van der Waals surface area contributed by atoms with Crippen molar-refractivity contribution in [1.29, 1.82) is 0 Å². The Balaban J connectivity index is 1.41. The van der Waals surface area contributed by atoms with Gasteiger partial charge in [-0.2, -0.15) is 0 Å². The molecule has 0 heterocycles. The summed E-state index contributed by atoms with van der Waals surface area (Å²) in [4.78, 5) is 30.1. The monoisotopic (exact) mass is 698 g/mol. The van der Waals surface area contributed by atoms with Crippen molar-refractivity contribution in [1.82, 2.24) is 10.2 Å². The van der Waals surface area contributed by atoms with Gasteiger partial charge in [-0.3, -0.25) is 4.79 Å². The van der Waals surface area contributed by atoms with E-state index in [0.717, 1.165) is 40.7 Å². The number of benzene rings is 4. The van der Waals surface area contributed by atoms with Gasteiger partial charge in [0.05, 0.1) is 18.2 Å². The normalized spacial score (nSPS) is 23.4. The Hall–Kier alpha value is -4.52. The van der Waals surface area contributed by atoms with Crippen LogP contribution in [0.5, 0.6) is 0 Å². The quantitative estimate of drug-likeness (QED) is 0.126. The third-order valence-corrected chi connectivity index (χ3v) is 11.5. The first-order valence-corrected chi connectivity index (χ1v) is 18.9. The topological polar surface area (TPSA) is 89.9 Å². The number of fused-ring (bicyclic) bond motifs is 8. The van der Waals surface area contributed by atoms with E-state index in [9.17, 15) is 19.8 Å². The van der Waals surface area contributed by atoms with Crippen LogP contribution in [0, 0.1) is 5.41 Å². The predicted octanol–water partition coefficient (Wildman–Crippen LogP) is 9.24. The van der Waals surface area contributed by atoms with Gasteiger partial charge in [0.15, 0.2) is 5.78 Å². The van der Waals surface area contributed by atoms with Crippen LogP contribution >= 0.6 is 0 Å². The molecule has 4 aromatic carbocycles. The number of carbonyl (C=O) groups is 2. The number of allylic oxidation sites excluding steroid dienone is 2. The highest BCUT2D eigenvalue weighted by Gasteiger charge is 2.57. The molecule has 0 unspecified atom stereocenters. The smallest absolute Gasteiger partial charge is 0.317 e. The Morgan fingerprint density at radius 2 is 1.56 bits per heavy atom. The molecule has 4 atom stereocenters. The van der Waals surface area contributed by atoms with Crippen LogP contribution in [0.3, 0.4) is 0 Å². The lowest BCUT2D eigenvalue weighted by Crippen LogP contribution is -2.55. The number of aliphatic hydroxyl groups is 2. The highest BCUT2D eigenvalue weighted by molar-refractivity contribution is 6.10. The molecule has 6 heteroatoms.